The summed E-state index contributed by atoms with van der Waals surface area (Å²) in [5.41, 5.74) is 0.886. The van der Waals surface area contributed by atoms with Gasteiger partial charge in [0.05, 0.1) is 0 Å². The fourth-order valence-electron chi connectivity index (χ4n) is 5.95. The van der Waals surface area contributed by atoms with E-state index in [1.54, 1.807) is 0 Å². The van der Waals surface area contributed by atoms with Crippen molar-refractivity contribution in [3.05, 3.63) is 12.2 Å². The van der Waals surface area contributed by atoms with Gasteiger partial charge in [0.2, 0.25) is 0 Å². The maximum Gasteiger partial charge on any atom is 0.120 e. The Labute approximate surface area is 90.9 Å². The topological polar surface area (TPSA) is 17.1 Å². The SMILES string of the molecule is O=CC[C@@]12C=C[C@@H]3C[C@H]4CC[C@H](CC1)C432. The Morgan fingerprint density at radius 1 is 1.27 bits per heavy atom. The molecule has 0 aromatic rings. The summed E-state index contributed by atoms with van der Waals surface area (Å²) in [6.45, 7) is 0. The molecular formula is C14H18O. The Hall–Kier alpha value is -0.590. The Morgan fingerprint density at radius 3 is 3.00 bits per heavy atom. The minimum absolute atomic E-state index is 0.309. The second-order valence-corrected chi connectivity index (χ2v) is 6.17. The summed E-state index contributed by atoms with van der Waals surface area (Å²) in [6, 6.07) is 0. The molecule has 0 N–H and O–H groups in total. The van der Waals surface area contributed by atoms with Gasteiger partial charge in [-0.2, -0.15) is 0 Å². The van der Waals surface area contributed by atoms with Gasteiger partial charge in [-0.15, -0.1) is 0 Å². The molecule has 0 bridgehead atoms. The molecule has 15 heavy (non-hydrogen) atoms. The highest BCUT2D eigenvalue weighted by Crippen LogP contribution is 2.80. The number of carbonyl (C=O) groups is 1. The van der Waals surface area contributed by atoms with Gasteiger partial charge in [-0.05, 0) is 55.3 Å². The summed E-state index contributed by atoms with van der Waals surface area (Å²) in [5, 5.41) is 0. The number of allylic oxidation sites excluding steroid dienone is 2. The summed E-state index contributed by atoms with van der Waals surface area (Å²) in [6.07, 6.45) is 13.9. The van der Waals surface area contributed by atoms with E-state index in [4.69, 9.17) is 0 Å². The van der Waals surface area contributed by atoms with Crippen LogP contribution in [0.4, 0.5) is 0 Å². The Kier molecular flexibility index (Phi) is 1.36. The lowest BCUT2D eigenvalue weighted by molar-refractivity contribution is -0.117. The van der Waals surface area contributed by atoms with Crippen LogP contribution < -0.4 is 0 Å². The van der Waals surface area contributed by atoms with E-state index in [1.165, 1.54) is 38.4 Å². The molecule has 1 heteroatoms. The highest BCUT2D eigenvalue weighted by Gasteiger charge is 2.73. The third-order valence-corrected chi connectivity index (χ3v) is 6.26. The average Bonchev–Trinajstić information content (AvgIpc) is 2.73. The van der Waals surface area contributed by atoms with E-state index in [9.17, 15) is 4.79 Å². The molecule has 0 radical (unpaired) electrons. The van der Waals surface area contributed by atoms with Crippen molar-refractivity contribution < 1.29 is 4.79 Å². The van der Waals surface area contributed by atoms with Crippen LogP contribution in [0, 0.1) is 28.6 Å². The van der Waals surface area contributed by atoms with Crippen molar-refractivity contribution in [1.82, 2.24) is 0 Å². The fourth-order valence-corrected chi connectivity index (χ4v) is 5.95. The predicted octanol–water partition coefficient (Wildman–Crippen LogP) is 2.96. The highest BCUT2D eigenvalue weighted by molar-refractivity contribution is 5.54. The second kappa shape index (κ2) is 2.39. The molecule has 4 rings (SSSR count). The van der Waals surface area contributed by atoms with Gasteiger partial charge in [-0.1, -0.05) is 12.2 Å². The van der Waals surface area contributed by atoms with E-state index in [-0.39, 0.29) is 0 Å². The first-order chi connectivity index (χ1) is 7.33. The first kappa shape index (κ1) is 8.55. The molecule has 0 aromatic heterocycles. The summed E-state index contributed by atoms with van der Waals surface area (Å²) in [5.74, 6) is 2.76. The summed E-state index contributed by atoms with van der Waals surface area (Å²) < 4.78 is 0. The first-order valence-electron chi connectivity index (χ1n) is 6.46. The fraction of sp³-hybridized carbons (Fsp3) is 0.786. The third-order valence-electron chi connectivity index (χ3n) is 6.26. The zero-order chi connectivity index (χ0) is 10.1. The first-order valence-corrected chi connectivity index (χ1v) is 6.46. The predicted molar refractivity (Wildman–Crippen MR) is 58.2 cm³/mol. The molecule has 5 atom stereocenters. The van der Waals surface area contributed by atoms with Crippen molar-refractivity contribution in [1.29, 1.82) is 0 Å². The van der Waals surface area contributed by atoms with E-state index in [2.05, 4.69) is 12.2 Å². The summed E-state index contributed by atoms with van der Waals surface area (Å²) in [7, 11) is 0. The minimum atomic E-state index is 0.309. The lowest BCUT2D eigenvalue weighted by atomic mass is 9.46. The van der Waals surface area contributed by atoms with Crippen LogP contribution in [-0.2, 0) is 4.79 Å². The molecule has 3 fully saturated rings. The van der Waals surface area contributed by atoms with Crippen LogP contribution in [0.3, 0.4) is 0 Å². The summed E-state index contributed by atoms with van der Waals surface area (Å²) >= 11 is 0. The molecule has 0 amide bonds. The van der Waals surface area contributed by atoms with Crippen molar-refractivity contribution in [2.45, 2.75) is 38.5 Å². The molecule has 4 aliphatic rings. The molecule has 80 valence electrons. The van der Waals surface area contributed by atoms with E-state index in [0.717, 1.165) is 24.2 Å². The lowest BCUT2D eigenvalue weighted by Crippen LogP contribution is -2.52. The Balaban J connectivity index is 1.86. The van der Waals surface area contributed by atoms with Crippen LogP contribution in [0.25, 0.3) is 0 Å². The van der Waals surface area contributed by atoms with Crippen LogP contribution in [0.5, 0.6) is 0 Å². The van der Waals surface area contributed by atoms with Gasteiger partial charge in [-0.3, -0.25) is 0 Å². The lowest BCUT2D eigenvalue weighted by Gasteiger charge is -2.57. The molecule has 0 aliphatic heterocycles. The Morgan fingerprint density at radius 2 is 2.13 bits per heavy atom. The van der Waals surface area contributed by atoms with Gasteiger partial charge >= 0.3 is 0 Å². The molecule has 1 nitrogen and oxygen atoms in total. The molecule has 0 saturated heterocycles. The molecule has 3 saturated carbocycles. The van der Waals surface area contributed by atoms with Crippen LogP contribution in [0.15, 0.2) is 12.2 Å². The molecule has 1 unspecified atom stereocenters. The van der Waals surface area contributed by atoms with Crippen LogP contribution in [0.1, 0.15) is 38.5 Å². The smallest absolute Gasteiger partial charge is 0.120 e. The number of aldehydes is 1. The molecule has 0 aromatic carbocycles. The van der Waals surface area contributed by atoms with Gasteiger partial charge in [0.1, 0.15) is 6.29 Å². The van der Waals surface area contributed by atoms with Crippen LogP contribution in [0.2, 0.25) is 0 Å². The quantitative estimate of drug-likeness (QED) is 0.497. The van der Waals surface area contributed by atoms with Crippen molar-refractivity contribution in [2.75, 3.05) is 0 Å². The summed E-state index contributed by atoms with van der Waals surface area (Å²) in [4.78, 5) is 11.0. The minimum Gasteiger partial charge on any atom is -0.303 e. The third kappa shape index (κ3) is 0.661. The monoisotopic (exact) mass is 202 g/mol. The molecule has 0 heterocycles. The number of hydrogen-bond acceptors (Lipinski definition) is 1. The van der Waals surface area contributed by atoms with Crippen molar-refractivity contribution in [3.8, 4) is 0 Å². The van der Waals surface area contributed by atoms with Crippen molar-refractivity contribution >= 4 is 6.29 Å². The zero-order valence-corrected chi connectivity index (χ0v) is 9.11. The van der Waals surface area contributed by atoms with E-state index in [0.29, 0.717) is 10.8 Å². The number of carbonyl (C=O) groups excluding carboxylic acids is 1. The van der Waals surface area contributed by atoms with Gasteiger partial charge in [0.25, 0.3) is 0 Å². The number of rotatable bonds is 2. The van der Waals surface area contributed by atoms with E-state index in [1.807, 2.05) is 0 Å². The highest BCUT2D eigenvalue weighted by atomic mass is 16.1. The van der Waals surface area contributed by atoms with Crippen molar-refractivity contribution in [3.63, 3.8) is 0 Å². The maximum atomic E-state index is 11.0. The van der Waals surface area contributed by atoms with E-state index >= 15 is 0 Å². The van der Waals surface area contributed by atoms with Crippen LogP contribution in [-0.4, -0.2) is 6.29 Å². The van der Waals surface area contributed by atoms with Crippen LogP contribution >= 0.6 is 0 Å². The Bertz CT molecular complexity index is 358. The largest absolute Gasteiger partial charge is 0.303 e. The number of hydrogen-bond donors (Lipinski definition) is 0. The average molecular weight is 202 g/mol. The molecule has 1 spiro atoms. The van der Waals surface area contributed by atoms with E-state index < -0.39 is 0 Å². The van der Waals surface area contributed by atoms with Gasteiger partial charge in [-0.25, -0.2) is 0 Å². The van der Waals surface area contributed by atoms with Gasteiger partial charge in [0.15, 0.2) is 0 Å². The van der Waals surface area contributed by atoms with Gasteiger partial charge in [0, 0.05) is 11.8 Å². The van der Waals surface area contributed by atoms with Gasteiger partial charge < -0.3 is 4.79 Å². The standard InChI is InChI=1S/C14H18O/c15-8-7-13-5-3-10-1-2-11-9-12(4-6-13)14(10,11)13/h4,6,8,10-12H,1-3,5,7,9H2/t10-,11-,12-,13+,14?/m1/s1. The van der Waals surface area contributed by atoms with Crippen molar-refractivity contribution in [2.24, 2.45) is 28.6 Å². The molecular weight excluding hydrogens is 184 g/mol. The normalized spacial score (nSPS) is 58.8. The second-order valence-electron chi connectivity index (χ2n) is 6.17. The molecule has 4 aliphatic carbocycles. The maximum absolute atomic E-state index is 11.0. The zero-order valence-electron chi connectivity index (χ0n) is 9.11.